The zero-order valence-corrected chi connectivity index (χ0v) is 15.3. The molecule has 0 aliphatic heterocycles. The Bertz CT molecular complexity index is 1320. The van der Waals surface area contributed by atoms with Crippen LogP contribution in [0.1, 0.15) is 5.56 Å². The highest BCUT2D eigenvalue weighted by molar-refractivity contribution is 7.91. The fraction of sp³-hybridized carbons (Fsp3) is 0. The zero-order valence-electron chi connectivity index (χ0n) is 13.7. The summed E-state index contributed by atoms with van der Waals surface area (Å²) in [5, 5.41) is 24.3. The Morgan fingerprint density at radius 3 is 2.44 bits per heavy atom. The first-order valence-electron chi connectivity index (χ1n) is 7.72. The number of aromatic nitrogens is 3. The summed E-state index contributed by atoms with van der Waals surface area (Å²) in [7, 11) is -3.92. The van der Waals surface area contributed by atoms with E-state index in [2.05, 4.69) is 21.3 Å². The average molecular weight is 393 g/mol. The van der Waals surface area contributed by atoms with E-state index in [0.717, 1.165) is 33.2 Å². The first kappa shape index (κ1) is 17.2. The highest BCUT2D eigenvalue weighted by Crippen LogP contribution is 2.37. The summed E-state index contributed by atoms with van der Waals surface area (Å²) in [5.74, 6) is 0. The number of hydrogen-bond acceptors (Lipinski definition) is 7. The Morgan fingerprint density at radius 1 is 0.963 bits per heavy atom. The van der Waals surface area contributed by atoms with Crippen LogP contribution in [0, 0.1) is 11.3 Å². The van der Waals surface area contributed by atoms with E-state index < -0.39 is 10.0 Å². The molecule has 9 heteroatoms. The van der Waals surface area contributed by atoms with Gasteiger partial charge in [0.05, 0.1) is 11.6 Å². The second kappa shape index (κ2) is 6.51. The molecule has 0 saturated carbocycles. The van der Waals surface area contributed by atoms with Crippen LogP contribution in [-0.2, 0) is 10.0 Å². The smallest absolute Gasteiger partial charge is 0.264 e. The number of nitriles is 1. The first-order valence-corrected chi connectivity index (χ1v) is 10.1. The molecule has 0 aliphatic rings. The average Bonchev–Trinajstić information content (AvgIpc) is 3.18. The van der Waals surface area contributed by atoms with Crippen molar-refractivity contribution in [2.45, 2.75) is 4.34 Å². The summed E-state index contributed by atoms with van der Waals surface area (Å²) in [6, 6.07) is 15.1. The van der Waals surface area contributed by atoms with Crippen molar-refractivity contribution in [2.75, 3.05) is 0 Å². The van der Waals surface area contributed by atoms with E-state index in [1.54, 1.807) is 24.5 Å². The summed E-state index contributed by atoms with van der Waals surface area (Å²) in [6.45, 7) is 0. The molecule has 0 saturated heterocycles. The zero-order chi connectivity index (χ0) is 19.0. The molecule has 2 aromatic carbocycles. The molecule has 0 bridgehead atoms. The summed E-state index contributed by atoms with van der Waals surface area (Å²) in [6.07, 6.45) is 3.28. The van der Waals surface area contributed by atoms with Gasteiger partial charge in [0.15, 0.2) is 0 Å². The molecule has 27 heavy (non-hydrogen) atoms. The van der Waals surface area contributed by atoms with E-state index in [9.17, 15) is 13.7 Å². The standard InChI is InChI=1S/C18H11N5O2S2/c19-9-11-5-6-14(13-4-2-1-3-12(11)13)16-10-21-8-7-15(16)17-22-23-18(26-17)27(20,24)25/h1-8,10H,(H2,20,24,25). The van der Waals surface area contributed by atoms with Gasteiger partial charge in [-0.2, -0.15) is 5.26 Å². The topological polar surface area (TPSA) is 123 Å². The van der Waals surface area contributed by atoms with Crippen molar-refractivity contribution < 1.29 is 8.42 Å². The molecule has 132 valence electrons. The molecule has 4 rings (SSSR count). The number of primary sulfonamides is 1. The number of fused-ring (bicyclic) bond motifs is 1. The highest BCUT2D eigenvalue weighted by atomic mass is 32.2. The molecule has 0 fully saturated rings. The molecule has 2 N–H and O–H groups in total. The van der Waals surface area contributed by atoms with Crippen LogP contribution >= 0.6 is 11.3 Å². The molecule has 0 atom stereocenters. The van der Waals surface area contributed by atoms with Gasteiger partial charge in [-0.05, 0) is 23.1 Å². The lowest BCUT2D eigenvalue weighted by molar-refractivity contribution is 0.596. The maximum atomic E-state index is 11.5. The molecule has 4 aromatic rings. The van der Waals surface area contributed by atoms with Gasteiger partial charge in [0.1, 0.15) is 5.01 Å². The molecular formula is C18H11N5O2S2. The van der Waals surface area contributed by atoms with Crippen molar-refractivity contribution >= 4 is 32.1 Å². The minimum absolute atomic E-state index is 0.245. The Kier molecular flexibility index (Phi) is 4.16. The van der Waals surface area contributed by atoms with Crippen LogP contribution in [0.3, 0.4) is 0 Å². The Morgan fingerprint density at radius 2 is 1.74 bits per heavy atom. The van der Waals surface area contributed by atoms with Crippen LogP contribution in [0.4, 0.5) is 0 Å². The third-order valence-corrected chi connectivity index (χ3v) is 6.30. The molecule has 0 spiro atoms. The summed E-state index contributed by atoms with van der Waals surface area (Å²) < 4.78 is 22.8. The lowest BCUT2D eigenvalue weighted by Crippen LogP contribution is -2.11. The van der Waals surface area contributed by atoms with Gasteiger partial charge in [-0.3, -0.25) is 4.98 Å². The molecule has 0 amide bonds. The summed E-state index contributed by atoms with van der Waals surface area (Å²) in [4.78, 5) is 4.20. The van der Waals surface area contributed by atoms with E-state index >= 15 is 0 Å². The minimum Gasteiger partial charge on any atom is -0.264 e. The van der Waals surface area contributed by atoms with E-state index in [-0.39, 0.29) is 4.34 Å². The second-order valence-electron chi connectivity index (χ2n) is 5.66. The summed E-state index contributed by atoms with van der Waals surface area (Å²) in [5.41, 5.74) is 2.88. The first-order chi connectivity index (χ1) is 13.0. The predicted octanol–water partition coefficient (Wildman–Crippen LogP) is 2.94. The minimum atomic E-state index is -3.92. The number of benzene rings is 2. The van der Waals surface area contributed by atoms with Crippen molar-refractivity contribution in [3.8, 4) is 27.8 Å². The Hall–Kier alpha value is -3.19. The van der Waals surface area contributed by atoms with Gasteiger partial charge in [-0.25, -0.2) is 13.6 Å². The molecule has 2 aromatic heterocycles. The largest absolute Gasteiger partial charge is 0.267 e. The van der Waals surface area contributed by atoms with Gasteiger partial charge in [-0.15, -0.1) is 10.2 Å². The number of hydrogen-bond donors (Lipinski definition) is 1. The van der Waals surface area contributed by atoms with Gasteiger partial charge in [0, 0.05) is 28.9 Å². The Labute approximate surface area is 158 Å². The van der Waals surface area contributed by atoms with Gasteiger partial charge >= 0.3 is 0 Å². The molecule has 2 heterocycles. The van der Waals surface area contributed by atoms with Crippen LogP contribution in [0.5, 0.6) is 0 Å². The number of rotatable bonds is 3. The van der Waals surface area contributed by atoms with E-state index in [1.807, 2.05) is 30.3 Å². The van der Waals surface area contributed by atoms with E-state index in [0.29, 0.717) is 16.1 Å². The van der Waals surface area contributed by atoms with Gasteiger partial charge in [-0.1, -0.05) is 41.7 Å². The fourth-order valence-electron chi connectivity index (χ4n) is 2.86. The third-order valence-electron chi connectivity index (χ3n) is 4.04. The molecule has 7 nitrogen and oxygen atoms in total. The highest BCUT2D eigenvalue weighted by Gasteiger charge is 2.19. The van der Waals surface area contributed by atoms with Crippen LogP contribution < -0.4 is 5.14 Å². The molecule has 0 radical (unpaired) electrons. The van der Waals surface area contributed by atoms with Crippen molar-refractivity contribution in [3.63, 3.8) is 0 Å². The van der Waals surface area contributed by atoms with E-state index in [4.69, 9.17) is 5.14 Å². The van der Waals surface area contributed by atoms with Crippen molar-refractivity contribution in [3.05, 3.63) is 60.4 Å². The van der Waals surface area contributed by atoms with Crippen LogP contribution in [0.2, 0.25) is 0 Å². The maximum absolute atomic E-state index is 11.5. The Balaban J connectivity index is 1.97. The van der Waals surface area contributed by atoms with Gasteiger partial charge < -0.3 is 0 Å². The van der Waals surface area contributed by atoms with E-state index in [1.165, 1.54) is 0 Å². The molecule has 0 unspecified atom stereocenters. The fourth-order valence-corrected chi connectivity index (χ4v) is 4.33. The molecular weight excluding hydrogens is 382 g/mol. The number of nitrogens with zero attached hydrogens (tertiary/aromatic N) is 4. The van der Waals surface area contributed by atoms with Gasteiger partial charge in [0.2, 0.25) is 4.34 Å². The maximum Gasteiger partial charge on any atom is 0.267 e. The van der Waals surface area contributed by atoms with Crippen LogP contribution in [-0.4, -0.2) is 23.6 Å². The van der Waals surface area contributed by atoms with Crippen molar-refractivity contribution in [1.82, 2.24) is 15.2 Å². The summed E-state index contributed by atoms with van der Waals surface area (Å²) >= 11 is 0.899. The van der Waals surface area contributed by atoms with Crippen LogP contribution in [0.25, 0.3) is 32.5 Å². The number of nitrogens with two attached hydrogens (primary N) is 1. The van der Waals surface area contributed by atoms with Crippen molar-refractivity contribution in [1.29, 1.82) is 5.26 Å². The quantitative estimate of drug-likeness (QED) is 0.571. The SMILES string of the molecule is N#Cc1ccc(-c2cnccc2-c2nnc(S(N)(=O)=O)s2)c2ccccc12. The van der Waals surface area contributed by atoms with Crippen LogP contribution in [0.15, 0.2) is 59.2 Å². The lowest BCUT2D eigenvalue weighted by atomic mass is 9.94. The van der Waals surface area contributed by atoms with Gasteiger partial charge in [0.25, 0.3) is 10.0 Å². The van der Waals surface area contributed by atoms with Crippen molar-refractivity contribution in [2.24, 2.45) is 5.14 Å². The lowest BCUT2D eigenvalue weighted by Gasteiger charge is -2.11. The molecule has 0 aliphatic carbocycles. The third kappa shape index (κ3) is 3.06. The second-order valence-corrected chi connectivity index (χ2v) is 8.37. The number of pyridine rings is 1. The number of sulfonamides is 1. The monoisotopic (exact) mass is 393 g/mol. The normalized spacial score (nSPS) is 11.4. The predicted molar refractivity (Wildman–Crippen MR) is 102 cm³/mol.